The van der Waals surface area contributed by atoms with Crippen molar-refractivity contribution in [1.82, 2.24) is 9.97 Å². The molecule has 0 radical (unpaired) electrons. The first-order valence-corrected chi connectivity index (χ1v) is 11.6. The first-order chi connectivity index (χ1) is 15.4. The number of nitrogen functional groups attached to an aromatic ring is 1. The Hall–Kier alpha value is -3.05. The second-order valence-corrected chi connectivity index (χ2v) is 8.57. The number of amides is 2. The van der Waals surface area contributed by atoms with E-state index in [1.165, 1.54) is 11.6 Å². The molecule has 0 atom stereocenters. The predicted octanol–water partition coefficient (Wildman–Crippen LogP) is 4.03. The van der Waals surface area contributed by atoms with Crippen molar-refractivity contribution in [2.75, 3.05) is 22.1 Å². The van der Waals surface area contributed by atoms with Crippen LogP contribution in [0.5, 0.6) is 0 Å². The maximum Gasteiger partial charge on any atom is 0.291 e. The lowest BCUT2D eigenvalue weighted by Crippen LogP contribution is -2.23. The van der Waals surface area contributed by atoms with Crippen molar-refractivity contribution in [2.45, 2.75) is 31.3 Å². The zero-order valence-electron chi connectivity index (χ0n) is 17.2. The van der Waals surface area contributed by atoms with Crippen molar-refractivity contribution >= 4 is 56.7 Å². The fourth-order valence-corrected chi connectivity index (χ4v) is 3.71. The van der Waals surface area contributed by atoms with E-state index in [1.807, 2.05) is 24.3 Å². The molecule has 3 aromatic rings. The van der Waals surface area contributed by atoms with Crippen LogP contribution in [0.2, 0.25) is 0 Å². The van der Waals surface area contributed by atoms with Gasteiger partial charge < -0.3 is 20.8 Å². The van der Waals surface area contributed by atoms with Crippen molar-refractivity contribution in [3.8, 4) is 0 Å². The minimum atomic E-state index is -0.643. The molecule has 3 rings (SSSR count). The van der Waals surface area contributed by atoms with Crippen molar-refractivity contribution in [3.05, 3.63) is 62.7 Å². The molecule has 2 aromatic heterocycles. The highest BCUT2D eigenvalue weighted by Crippen LogP contribution is 2.19. The summed E-state index contributed by atoms with van der Waals surface area (Å²) in [5.74, 6) is -1.04. The van der Waals surface area contributed by atoms with Crippen LogP contribution in [0.3, 0.4) is 0 Å². The van der Waals surface area contributed by atoms with Crippen LogP contribution in [0.1, 0.15) is 35.9 Å². The SMILES string of the molecule is CCCCc1ccc(NC(=O)CSc2nc(N)c(NC(=O)c3ccc(Br)o3)c(=O)[nH]2)cc1. The number of aromatic amines is 1. The van der Waals surface area contributed by atoms with E-state index < -0.39 is 11.5 Å². The zero-order chi connectivity index (χ0) is 23.1. The fraction of sp³-hybridized carbons (Fsp3) is 0.238. The van der Waals surface area contributed by atoms with Crippen LogP contribution in [0, 0.1) is 0 Å². The van der Waals surface area contributed by atoms with Crippen LogP contribution in [0.25, 0.3) is 0 Å². The number of H-pyrrole nitrogens is 1. The first kappa shape index (κ1) is 23.6. The number of aryl methyl sites for hydroxylation is 1. The molecule has 0 unspecified atom stereocenters. The molecule has 0 fully saturated rings. The number of furan rings is 1. The molecule has 0 bridgehead atoms. The van der Waals surface area contributed by atoms with E-state index in [0.717, 1.165) is 31.0 Å². The zero-order valence-corrected chi connectivity index (χ0v) is 19.6. The summed E-state index contributed by atoms with van der Waals surface area (Å²) >= 11 is 4.12. The van der Waals surface area contributed by atoms with E-state index in [9.17, 15) is 14.4 Å². The maximum absolute atomic E-state index is 12.3. The lowest BCUT2D eigenvalue weighted by atomic mass is 10.1. The number of anilines is 3. The number of benzene rings is 1. The number of nitrogens with one attached hydrogen (secondary N) is 3. The number of halogens is 1. The molecule has 32 heavy (non-hydrogen) atoms. The average Bonchev–Trinajstić information content (AvgIpc) is 3.20. The monoisotopic (exact) mass is 519 g/mol. The van der Waals surface area contributed by atoms with Gasteiger partial charge in [-0.3, -0.25) is 19.4 Å². The molecule has 0 aliphatic carbocycles. The highest BCUT2D eigenvalue weighted by molar-refractivity contribution is 9.10. The molecule has 5 N–H and O–H groups in total. The summed E-state index contributed by atoms with van der Waals surface area (Å²) in [4.78, 5) is 43.3. The molecule has 2 amide bonds. The molecule has 168 valence electrons. The van der Waals surface area contributed by atoms with Crippen LogP contribution in [-0.4, -0.2) is 27.5 Å². The Labute approximate surface area is 196 Å². The van der Waals surface area contributed by atoms with E-state index in [4.69, 9.17) is 10.2 Å². The van der Waals surface area contributed by atoms with Crippen molar-refractivity contribution < 1.29 is 14.0 Å². The second-order valence-electron chi connectivity index (χ2n) is 6.83. The predicted molar refractivity (Wildman–Crippen MR) is 128 cm³/mol. The van der Waals surface area contributed by atoms with Gasteiger partial charge in [0.2, 0.25) is 5.91 Å². The summed E-state index contributed by atoms with van der Waals surface area (Å²) in [6.45, 7) is 2.14. The van der Waals surface area contributed by atoms with Gasteiger partial charge in [0.25, 0.3) is 11.5 Å². The topological polar surface area (TPSA) is 143 Å². The van der Waals surface area contributed by atoms with Gasteiger partial charge in [-0.25, -0.2) is 4.98 Å². The Morgan fingerprint density at radius 1 is 1.19 bits per heavy atom. The minimum Gasteiger partial charge on any atom is -0.444 e. The quantitative estimate of drug-likeness (QED) is 0.246. The summed E-state index contributed by atoms with van der Waals surface area (Å²) in [5.41, 5.74) is 6.92. The Morgan fingerprint density at radius 2 is 1.94 bits per heavy atom. The molecule has 0 saturated carbocycles. The van der Waals surface area contributed by atoms with Gasteiger partial charge in [0, 0.05) is 5.69 Å². The molecular formula is C21H22BrN5O4S. The highest BCUT2D eigenvalue weighted by Gasteiger charge is 2.17. The fourth-order valence-electron chi connectivity index (χ4n) is 2.74. The Balaban J connectivity index is 1.56. The van der Waals surface area contributed by atoms with Gasteiger partial charge in [-0.05, 0) is 58.6 Å². The first-order valence-electron chi connectivity index (χ1n) is 9.83. The van der Waals surface area contributed by atoms with E-state index in [-0.39, 0.29) is 34.1 Å². The number of hydrogen-bond acceptors (Lipinski definition) is 7. The van der Waals surface area contributed by atoms with E-state index >= 15 is 0 Å². The molecule has 0 spiro atoms. The van der Waals surface area contributed by atoms with Gasteiger partial charge in [0.05, 0.1) is 5.75 Å². The Bertz CT molecular complexity index is 1160. The number of carbonyl (C=O) groups is 2. The van der Waals surface area contributed by atoms with E-state index in [0.29, 0.717) is 10.4 Å². The molecule has 1 aromatic carbocycles. The van der Waals surface area contributed by atoms with Crippen LogP contribution in [0.4, 0.5) is 17.2 Å². The Morgan fingerprint density at radius 3 is 2.56 bits per heavy atom. The molecular weight excluding hydrogens is 498 g/mol. The summed E-state index contributed by atoms with van der Waals surface area (Å²) in [6, 6.07) is 10.7. The third-order valence-corrected chi connectivity index (χ3v) is 5.66. The van der Waals surface area contributed by atoms with Gasteiger partial charge in [-0.15, -0.1) is 0 Å². The van der Waals surface area contributed by atoms with Gasteiger partial charge in [-0.1, -0.05) is 37.2 Å². The largest absolute Gasteiger partial charge is 0.444 e. The number of thioether (sulfide) groups is 1. The number of hydrogen-bond donors (Lipinski definition) is 4. The van der Waals surface area contributed by atoms with Gasteiger partial charge in [0.15, 0.2) is 27.1 Å². The van der Waals surface area contributed by atoms with Crippen LogP contribution in [0.15, 0.2) is 55.4 Å². The summed E-state index contributed by atoms with van der Waals surface area (Å²) in [5, 5.41) is 5.34. The number of rotatable bonds is 9. The smallest absolute Gasteiger partial charge is 0.291 e. The molecule has 9 nitrogen and oxygen atoms in total. The second kappa shape index (κ2) is 11.0. The molecule has 11 heteroatoms. The van der Waals surface area contributed by atoms with Gasteiger partial charge >= 0.3 is 0 Å². The maximum atomic E-state index is 12.3. The van der Waals surface area contributed by atoms with Gasteiger partial charge in [-0.2, -0.15) is 0 Å². The van der Waals surface area contributed by atoms with Crippen LogP contribution in [-0.2, 0) is 11.2 Å². The van der Waals surface area contributed by atoms with E-state index in [1.54, 1.807) is 6.07 Å². The number of unbranched alkanes of at least 4 members (excludes halogenated alkanes) is 1. The Kier molecular flexibility index (Phi) is 8.12. The lowest BCUT2D eigenvalue weighted by molar-refractivity contribution is -0.113. The van der Waals surface area contributed by atoms with Gasteiger partial charge in [0.1, 0.15) is 0 Å². The third kappa shape index (κ3) is 6.47. The number of aromatic nitrogens is 2. The standard InChI is InChI=1S/C21H22BrN5O4S/c1-2-3-4-12-5-7-13(8-6-12)24-16(28)11-32-21-26-18(23)17(20(30)27-21)25-19(29)14-9-10-15(22)31-14/h5-10H,2-4,11H2,1H3,(H,24,28)(H,25,29)(H3,23,26,27,30). The average molecular weight is 520 g/mol. The lowest BCUT2D eigenvalue weighted by Gasteiger charge is -2.08. The van der Waals surface area contributed by atoms with Crippen molar-refractivity contribution in [1.29, 1.82) is 0 Å². The minimum absolute atomic E-state index is 0.00388. The van der Waals surface area contributed by atoms with Crippen LogP contribution < -0.4 is 21.9 Å². The molecule has 0 aliphatic heterocycles. The molecule has 2 heterocycles. The summed E-state index contributed by atoms with van der Waals surface area (Å²) in [7, 11) is 0. The molecule has 0 saturated heterocycles. The normalized spacial score (nSPS) is 10.7. The van der Waals surface area contributed by atoms with Crippen molar-refractivity contribution in [2.24, 2.45) is 0 Å². The summed E-state index contributed by atoms with van der Waals surface area (Å²) in [6.07, 6.45) is 3.27. The third-order valence-electron chi connectivity index (χ3n) is 4.36. The number of carbonyl (C=O) groups excluding carboxylic acids is 2. The molecule has 0 aliphatic rings. The van der Waals surface area contributed by atoms with Crippen LogP contribution >= 0.6 is 27.7 Å². The number of nitrogens with zero attached hydrogens (tertiary/aromatic N) is 1. The number of nitrogens with two attached hydrogens (primary N) is 1. The highest BCUT2D eigenvalue weighted by atomic mass is 79.9. The summed E-state index contributed by atoms with van der Waals surface area (Å²) < 4.78 is 5.52. The van der Waals surface area contributed by atoms with E-state index in [2.05, 4.69) is 43.5 Å². The van der Waals surface area contributed by atoms with Crippen molar-refractivity contribution in [3.63, 3.8) is 0 Å².